The molecule has 116 valence electrons. The molecule has 0 atom stereocenters. The van der Waals surface area contributed by atoms with Crippen molar-refractivity contribution >= 4 is 11.7 Å². The molecule has 1 amide bonds. The first-order chi connectivity index (χ1) is 9.63. The summed E-state index contributed by atoms with van der Waals surface area (Å²) < 4.78 is 0. The average Bonchev–Trinajstić information content (AvgIpc) is 2.44. The first-order valence-corrected chi connectivity index (χ1v) is 8.13. The number of rotatable bonds is 9. The Morgan fingerprint density at radius 3 is 2.15 bits per heavy atom. The van der Waals surface area contributed by atoms with Crippen molar-refractivity contribution in [3.8, 4) is 0 Å². The van der Waals surface area contributed by atoms with Gasteiger partial charge in [-0.25, -0.2) is 0 Å². The highest BCUT2D eigenvalue weighted by Gasteiger charge is 2.19. The van der Waals surface area contributed by atoms with Crippen molar-refractivity contribution in [2.24, 2.45) is 0 Å². The lowest BCUT2D eigenvalue weighted by atomic mass is 10.1. The SMILES string of the molecule is CCCCN1CCN(C(=O)CCCCCC(C)=O)CC1. The van der Waals surface area contributed by atoms with Gasteiger partial charge in [0.15, 0.2) is 0 Å². The fourth-order valence-corrected chi connectivity index (χ4v) is 2.59. The summed E-state index contributed by atoms with van der Waals surface area (Å²) in [6.07, 6.45) is 6.62. The molecule has 1 aliphatic rings. The third-order valence-electron chi connectivity index (χ3n) is 3.97. The van der Waals surface area contributed by atoms with E-state index in [1.165, 1.54) is 19.4 Å². The van der Waals surface area contributed by atoms with Crippen LogP contribution in [0.1, 0.15) is 58.8 Å². The molecule has 4 heteroatoms. The van der Waals surface area contributed by atoms with Crippen molar-refractivity contribution in [2.75, 3.05) is 32.7 Å². The molecule has 4 nitrogen and oxygen atoms in total. The van der Waals surface area contributed by atoms with Crippen molar-refractivity contribution in [3.63, 3.8) is 0 Å². The van der Waals surface area contributed by atoms with Gasteiger partial charge in [-0.15, -0.1) is 0 Å². The molecule has 0 aromatic carbocycles. The summed E-state index contributed by atoms with van der Waals surface area (Å²) in [6.45, 7) is 8.83. The van der Waals surface area contributed by atoms with Gasteiger partial charge < -0.3 is 9.69 Å². The number of ketones is 1. The maximum absolute atomic E-state index is 12.1. The van der Waals surface area contributed by atoms with E-state index in [0.717, 1.165) is 45.4 Å². The quantitative estimate of drug-likeness (QED) is 0.610. The van der Waals surface area contributed by atoms with Crippen molar-refractivity contribution in [3.05, 3.63) is 0 Å². The average molecular weight is 282 g/mol. The lowest BCUT2D eigenvalue weighted by Crippen LogP contribution is -2.48. The molecule has 1 aliphatic heterocycles. The van der Waals surface area contributed by atoms with Gasteiger partial charge in [0, 0.05) is 39.0 Å². The molecule has 0 N–H and O–H groups in total. The largest absolute Gasteiger partial charge is 0.340 e. The molecule has 0 saturated carbocycles. The minimum absolute atomic E-state index is 0.250. The van der Waals surface area contributed by atoms with E-state index in [2.05, 4.69) is 11.8 Å². The number of Topliss-reactive ketones (excluding diaryl/α,β-unsaturated/α-hetero) is 1. The van der Waals surface area contributed by atoms with Gasteiger partial charge in [0.2, 0.25) is 5.91 Å². The second kappa shape index (κ2) is 9.92. The Bertz CT molecular complexity index is 297. The second-order valence-corrected chi connectivity index (χ2v) is 5.84. The lowest BCUT2D eigenvalue weighted by molar-refractivity contribution is -0.133. The fraction of sp³-hybridized carbons (Fsp3) is 0.875. The molecule has 20 heavy (non-hydrogen) atoms. The van der Waals surface area contributed by atoms with Crippen molar-refractivity contribution in [2.45, 2.75) is 58.8 Å². The van der Waals surface area contributed by atoms with Gasteiger partial charge in [-0.05, 0) is 32.7 Å². The van der Waals surface area contributed by atoms with E-state index in [9.17, 15) is 9.59 Å². The van der Waals surface area contributed by atoms with Crippen LogP contribution in [0.3, 0.4) is 0 Å². The van der Waals surface area contributed by atoms with Crippen molar-refractivity contribution in [1.82, 2.24) is 9.80 Å². The predicted molar refractivity (Wildman–Crippen MR) is 81.7 cm³/mol. The molecule has 1 rings (SSSR count). The summed E-state index contributed by atoms with van der Waals surface area (Å²) in [6, 6.07) is 0. The zero-order valence-electron chi connectivity index (χ0n) is 13.2. The highest BCUT2D eigenvalue weighted by Crippen LogP contribution is 2.09. The molecule has 0 bridgehead atoms. The zero-order valence-corrected chi connectivity index (χ0v) is 13.2. The van der Waals surface area contributed by atoms with E-state index in [4.69, 9.17) is 0 Å². The standard InChI is InChI=1S/C16H30N2O2/c1-3-4-10-17-11-13-18(14-12-17)16(20)9-7-5-6-8-15(2)19/h3-14H2,1-2H3. The summed E-state index contributed by atoms with van der Waals surface area (Å²) in [5.74, 6) is 0.544. The molecular weight excluding hydrogens is 252 g/mol. The Labute approximate surface area is 123 Å². The van der Waals surface area contributed by atoms with Crippen molar-refractivity contribution in [1.29, 1.82) is 0 Å². The summed E-state index contributed by atoms with van der Waals surface area (Å²) in [4.78, 5) is 27.3. The highest BCUT2D eigenvalue weighted by atomic mass is 16.2. The van der Waals surface area contributed by atoms with Crippen LogP contribution < -0.4 is 0 Å². The van der Waals surface area contributed by atoms with E-state index < -0.39 is 0 Å². The molecule has 0 spiro atoms. The van der Waals surface area contributed by atoms with E-state index in [-0.39, 0.29) is 5.78 Å². The number of piperazine rings is 1. The van der Waals surface area contributed by atoms with Crippen LogP contribution in [0.2, 0.25) is 0 Å². The van der Waals surface area contributed by atoms with Crippen LogP contribution in [0.5, 0.6) is 0 Å². The monoisotopic (exact) mass is 282 g/mol. The Kier molecular flexibility index (Phi) is 8.51. The van der Waals surface area contributed by atoms with Crippen LogP contribution >= 0.6 is 0 Å². The maximum Gasteiger partial charge on any atom is 0.222 e. The number of carbonyl (C=O) groups is 2. The van der Waals surface area contributed by atoms with E-state index in [1.807, 2.05) is 4.90 Å². The van der Waals surface area contributed by atoms with E-state index in [1.54, 1.807) is 6.92 Å². The number of nitrogens with zero attached hydrogens (tertiary/aromatic N) is 2. The molecule has 0 aliphatic carbocycles. The Balaban J connectivity index is 2.08. The summed E-state index contributed by atoms with van der Waals surface area (Å²) in [7, 11) is 0. The van der Waals surface area contributed by atoms with Crippen molar-refractivity contribution < 1.29 is 9.59 Å². The molecule has 0 aromatic heterocycles. The van der Waals surface area contributed by atoms with E-state index in [0.29, 0.717) is 18.7 Å². The molecule has 1 fully saturated rings. The van der Waals surface area contributed by atoms with Gasteiger partial charge in [-0.1, -0.05) is 19.8 Å². The summed E-state index contributed by atoms with van der Waals surface area (Å²) in [5, 5.41) is 0. The number of hydrogen-bond acceptors (Lipinski definition) is 3. The minimum atomic E-state index is 0.250. The molecule has 0 unspecified atom stereocenters. The number of unbranched alkanes of at least 4 members (excludes halogenated alkanes) is 3. The third-order valence-corrected chi connectivity index (χ3v) is 3.97. The topological polar surface area (TPSA) is 40.6 Å². The first-order valence-electron chi connectivity index (χ1n) is 8.13. The molecular formula is C16H30N2O2. The van der Waals surface area contributed by atoms with Crippen LogP contribution in [0.15, 0.2) is 0 Å². The van der Waals surface area contributed by atoms with Gasteiger partial charge in [0.25, 0.3) is 0 Å². The summed E-state index contributed by atoms with van der Waals surface area (Å²) >= 11 is 0. The van der Waals surface area contributed by atoms with Crippen LogP contribution in [0.25, 0.3) is 0 Å². The van der Waals surface area contributed by atoms with E-state index >= 15 is 0 Å². The van der Waals surface area contributed by atoms with Crippen LogP contribution in [-0.2, 0) is 9.59 Å². The number of amides is 1. The zero-order chi connectivity index (χ0) is 14.8. The molecule has 1 heterocycles. The Hall–Kier alpha value is -0.900. The number of carbonyl (C=O) groups excluding carboxylic acids is 2. The number of hydrogen-bond donors (Lipinski definition) is 0. The van der Waals surface area contributed by atoms with Gasteiger partial charge in [0.1, 0.15) is 5.78 Å². The molecule has 0 radical (unpaired) electrons. The fourth-order valence-electron chi connectivity index (χ4n) is 2.59. The lowest BCUT2D eigenvalue weighted by Gasteiger charge is -2.34. The van der Waals surface area contributed by atoms with Crippen LogP contribution in [-0.4, -0.2) is 54.2 Å². The molecule has 1 saturated heterocycles. The smallest absolute Gasteiger partial charge is 0.222 e. The van der Waals surface area contributed by atoms with Gasteiger partial charge in [0.05, 0.1) is 0 Å². The van der Waals surface area contributed by atoms with Gasteiger partial charge in [-0.2, -0.15) is 0 Å². The molecule has 0 aromatic rings. The third kappa shape index (κ3) is 7.04. The maximum atomic E-state index is 12.1. The van der Waals surface area contributed by atoms with Gasteiger partial charge >= 0.3 is 0 Å². The van der Waals surface area contributed by atoms with Crippen LogP contribution in [0, 0.1) is 0 Å². The highest BCUT2D eigenvalue weighted by molar-refractivity contribution is 5.76. The first kappa shape index (κ1) is 17.2. The Morgan fingerprint density at radius 1 is 0.900 bits per heavy atom. The normalized spacial score (nSPS) is 16.4. The predicted octanol–water partition coefficient (Wildman–Crippen LogP) is 2.47. The second-order valence-electron chi connectivity index (χ2n) is 5.84. The minimum Gasteiger partial charge on any atom is -0.340 e. The summed E-state index contributed by atoms with van der Waals surface area (Å²) in [5.41, 5.74) is 0. The van der Waals surface area contributed by atoms with Crippen LogP contribution in [0.4, 0.5) is 0 Å². The Morgan fingerprint density at radius 2 is 1.55 bits per heavy atom. The van der Waals surface area contributed by atoms with Gasteiger partial charge in [-0.3, -0.25) is 9.69 Å².